The normalized spacial score (nSPS) is 14.7. The monoisotopic (exact) mass is 382 g/mol. The van der Waals surface area contributed by atoms with E-state index in [0.717, 1.165) is 0 Å². The lowest BCUT2D eigenvalue weighted by Crippen LogP contribution is -2.45. The molecule has 1 aromatic carbocycles. The van der Waals surface area contributed by atoms with Gasteiger partial charge in [-0.05, 0) is 23.6 Å². The fourth-order valence-electron chi connectivity index (χ4n) is 2.49. The Kier molecular flexibility index (Phi) is 8.09. The second kappa shape index (κ2) is 9.60. The summed E-state index contributed by atoms with van der Waals surface area (Å²) in [6.45, 7) is 8.58. The number of methoxy groups -OCH3 is 2. The lowest BCUT2D eigenvalue weighted by atomic mass is 9.82. The molecule has 0 heterocycles. The van der Waals surface area contributed by atoms with Crippen molar-refractivity contribution in [1.29, 1.82) is 0 Å². The zero-order chi connectivity index (χ0) is 20.8. The van der Waals surface area contributed by atoms with E-state index in [1.54, 1.807) is 19.1 Å². The standard InChI is InChI=1S/C20H30O7/c1-12(11-26-13(2)21)17(18(22)20(3,4)5)27-19(23)15-10-14(24-6)8-9-16(15)25-7/h8-10,12,17-18,22H,11H2,1-7H3/t12-,17-,18+/m0/s1. The van der Waals surface area contributed by atoms with Gasteiger partial charge in [0.25, 0.3) is 0 Å². The number of hydrogen-bond acceptors (Lipinski definition) is 7. The van der Waals surface area contributed by atoms with Gasteiger partial charge >= 0.3 is 11.9 Å². The Hall–Kier alpha value is -2.28. The van der Waals surface area contributed by atoms with E-state index in [2.05, 4.69) is 0 Å². The predicted octanol–water partition coefficient (Wildman–Crippen LogP) is 2.84. The lowest BCUT2D eigenvalue weighted by molar-refractivity contribution is -0.145. The molecule has 1 N–H and O–H groups in total. The number of rotatable bonds is 8. The molecule has 0 saturated heterocycles. The maximum atomic E-state index is 12.8. The van der Waals surface area contributed by atoms with Crippen LogP contribution in [-0.2, 0) is 14.3 Å². The van der Waals surface area contributed by atoms with E-state index >= 15 is 0 Å². The molecule has 1 rings (SSSR count). The Bertz CT molecular complexity index is 648. The number of carbonyl (C=O) groups is 2. The number of aliphatic hydroxyl groups is 1. The van der Waals surface area contributed by atoms with Crippen molar-refractivity contribution >= 4 is 11.9 Å². The smallest absolute Gasteiger partial charge is 0.342 e. The highest BCUT2D eigenvalue weighted by Crippen LogP contribution is 2.30. The van der Waals surface area contributed by atoms with Crippen molar-refractivity contribution in [3.63, 3.8) is 0 Å². The van der Waals surface area contributed by atoms with Gasteiger partial charge in [0.05, 0.1) is 26.9 Å². The van der Waals surface area contributed by atoms with Gasteiger partial charge in [-0.25, -0.2) is 4.79 Å². The van der Waals surface area contributed by atoms with E-state index in [-0.39, 0.29) is 12.2 Å². The van der Waals surface area contributed by atoms with Crippen molar-refractivity contribution in [2.24, 2.45) is 11.3 Å². The highest BCUT2D eigenvalue weighted by atomic mass is 16.6. The highest BCUT2D eigenvalue weighted by molar-refractivity contribution is 5.93. The van der Waals surface area contributed by atoms with Crippen LogP contribution in [-0.4, -0.2) is 50.1 Å². The molecule has 0 radical (unpaired) electrons. The fourth-order valence-corrected chi connectivity index (χ4v) is 2.49. The molecule has 1 aromatic rings. The molecule has 0 spiro atoms. The highest BCUT2D eigenvalue weighted by Gasteiger charge is 2.37. The van der Waals surface area contributed by atoms with Crippen molar-refractivity contribution in [3.8, 4) is 11.5 Å². The Morgan fingerprint density at radius 3 is 2.26 bits per heavy atom. The molecule has 7 heteroatoms. The molecule has 0 unspecified atom stereocenters. The topological polar surface area (TPSA) is 91.3 Å². The van der Waals surface area contributed by atoms with Crippen molar-refractivity contribution in [3.05, 3.63) is 23.8 Å². The van der Waals surface area contributed by atoms with Gasteiger partial charge in [-0.15, -0.1) is 0 Å². The van der Waals surface area contributed by atoms with Crippen LogP contribution in [0.1, 0.15) is 45.0 Å². The fraction of sp³-hybridized carbons (Fsp3) is 0.600. The van der Waals surface area contributed by atoms with E-state index in [0.29, 0.717) is 11.5 Å². The van der Waals surface area contributed by atoms with E-state index in [4.69, 9.17) is 18.9 Å². The zero-order valence-corrected chi connectivity index (χ0v) is 17.1. The van der Waals surface area contributed by atoms with Crippen LogP contribution in [0.2, 0.25) is 0 Å². The van der Waals surface area contributed by atoms with Crippen molar-refractivity contribution < 1.29 is 33.6 Å². The molecule has 7 nitrogen and oxygen atoms in total. The van der Waals surface area contributed by atoms with Gasteiger partial charge in [0.1, 0.15) is 23.2 Å². The van der Waals surface area contributed by atoms with Crippen LogP contribution in [0.3, 0.4) is 0 Å². The lowest BCUT2D eigenvalue weighted by Gasteiger charge is -2.35. The second-order valence-corrected chi connectivity index (χ2v) is 7.53. The third-order valence-electron chi connectivity index (χ3n) is 4.18. The Morgan fingerprint density at radius 1 is 1.15 bits per heavy atom. The Morgan fingerprint density at radius 2 is 1.78 bits per heavy atom. The summed E-state index contributed by atoms with van der Waals surface area (Å²) in [6.07, 6.45) is -1.85. The SMILES string of the molecule is COc1ccc(OC)c(C(=O)O[C@H]([C@@H](O)C(C)(C)C)[C@@H](C)COC(C)=O)c1. The summed E-state index contributed by atoms with van der Waals surface area (Å²) in [5.74, 6) is -0.704. The molecule has 0 aromatic heterocycles. The average Bonchev–Trinajstić information content (AvgIpc) is 2.61. The molecule has 0 bridgehead atoms. The van der Waals surface area contributed by atoms with E-state index in [1.165, 1.54) is 27.2 Å². The van der Waals surface area contributed by atoms with Gasteiger partial charge in [0.15, 0.2) is 0 Å². The predicted molar refractivity (Wildman–Crippen MR) is 100 cm³/mol. The molecule has 3 atom stereocenters. The van der Waals surface area contributed by atoms with Crippen LogP contribution in [0.5, 0.6) is 11.5 Å². The number of esters is 2. The zero-order valence-electron chi connectivity index (χ0n) is 17.1. The average molecular weight is 382 g/mol. The van der Waals surface area contributed by atoms with Crippen LogP contribution >= 0.6 is 0 Å². The molecule has 27 heavy (non-hydrogen) atoms. The number of ether oxygens (including phenoxy) is 4. The summed E-state index contributed by atoms with van der Waals surface area (Å²) in [4.78, 5) is 23.9. The van der Waals surface area contributed by atoms with Gasteiger partial charge in [-0.1, -0.05) is 27.7 Å². The van der Waals surface area contributed by atoms with Crippen LogP contribution < -0.4 is 9.47 Å². The van der Waals surface area contributed by atoms with E-state index < -0.39 is 35.5 Å². The van der Waals surface area contributed by atoms with Gasteiger partial charge in [0, 0.05) is 12.8 Å². The first kappa shape index (κ1) is 22.8. The third kappa shape index (κ3) is 6.43. The van der Waals surface area contributed by atoms with Gasteiger partial charge in [-0.3, -0.25) is 4.79 Å². The molecule has 0 amide bonds. The summed E-state index contributed by atoms with van der Waals surface area (Å²) in [5.41, 5.74) is -0.365. The first-order valence-corrected chi connectivity index (χ1v) is 8.75. The largest absolute Gasteiger partial charge is 0.497 e. The molecule has 152 valence electrons. The summed E-state index contributed by atoms with van der Waals surface area (Å²) >= 11 is 0. The number of aliphatic hydroxyl groups excluding tert-OH is 1. The summed E-state index contributed by atoms with van der Waals surface area (Å²) < 4.78 is 21.1. The first-order valence-electron chi connectivity index (χ1n) is 8.75. The van der Waals surface area contributed by atoms with Crippen LogP contribution in [0.4, 0.5) is 0 Å². The second-order valence-electron chi connectivity index (χ2n) is 7.53. The maximum Gasteiger partial charge on any atom is 0.342 e. The molecular formula is C20H30O7. The molecule has 0 aliphatic carbocycles. The number of benzene rings is 1. The molecular weight excluding hydrogens is 352 g/mol. The molecule has 0 aliphatic rings. The molecule has 0 aliphatic heterocycles. The summed E-state index contributed by atoms with van der Waals surface area (Å²) in [5, 5.41) is 10.7. The van der Waals surface area contributed by atoms with Crippen molar-refractivity contribution in [1.82, 2.24) is 0 Å². The van der Waals surface area contributed by atoms with Crippen LogP contribution in [0.15, 0.2) is 18.2 Å². The van der Waals surface area contributed by atoms with Gasteiger partial charge in [0.2, 0.25) is 0 Å². The van der Waals surface area contributed by atoms with Gasteiger partial charge in [-0.2, -0.15) is 0 Å². The van der Waals surface area contributed by atoms with E-state index in [1.807, 2.05) is 20.8 Å². The first-order chi connectivity index (χ1) is 12.5. The van der Waals surface area contributed by atoms with E-state index in [9.17, 15) is 14.7 Å². The maximum absolute atomic E-state index is 12.8. The number of hydrogen-bond donors (Lipinski definition) is 1. The Balaban J connectivity index is 3.13. The van der Waals surface area contributed by atoms with Crippen molar-refractivity contribution in [2.45, 2.75) is 46.8 Å². The number of carbonyl (C=O) groups excluding carboxylic acids is 2. The minimum Gasteiger partial charge on any atom is -0.497 e. The van der Waals surface area contributed by atoms with Gasteiger partial charge < -0.3 is 24.1 Å². The minimum absolute atomic E-state index is 0.0235. The molecule has 0 fully saturated rings. The Labute approximate surface area is 160 Å². The minimum atomic E-state index is -0.969. The third-order valence-corrected chi connectivity index (χ3v) is 4.18. The molecule has 0 saturated carbocycles. The summed E-state index contributed by atoms with van der Waals surface area (Å²) in [6, 6.07) is 4.78. The quantitative estimate of drug-likeness (QED) is 0.691. The summed E-state index contributed by atoms with van der Waals surface area (Å²) in [7, 11) is 2.94. The van der Waals surface area contributed by atoms with Crippen LogP contribution in [0.25, 0.3) is 0 Å². The van der Waals surface area contributed by atoms with Crippen molar-refractivity contribution in [2.75, 3.05) is 20.8 Å². The van der Waals surface area contributed by atoms with Crippen LogP contribution in [0, 0.1) is 11.3 Å².